The third kappa shape index (κ3) is 4.21. The average molecular weight is 670 g/mol. The monoisotopic (exact) mass is 669 g/mol. The van der Waals surface area contributed by atoms with Gasteiger partial charge in [0.2, 0.25) is 0 Å². The van der Waals surface area contributed by atoms with E-state index in [0.717, 1.165) is 6.42 Å². The van der Waals surface area contributed by atoms with Crippen LogP contribution in [0.5, 0.6) is 0 Å². The molecule has 1 saturated heterocycles. The number of carbonyl (C=O) groups is 4. The number of likely N-dealkylation sites (tertiary alicyclic amines) is 1. The van der Waals surface area contributed by atoms with Crippen LogP contribution in [0.25, 0.3) is 0 Å². The van der Waals surface area contributed by atoms with Crippen LogP contribution < -0.4 is 0 Å². The van der Waals surface area contributed by atoms with Gasteiger partial charge in [-0.2, -0.15) is 0 Å². The molecule has 7 rings (SSSR count). The van der Waals surface area contributed by atoms with Crippen LogP contribution in [0.1, 0.15) is 56.8 Å². The largest absolute Gasteiger partial charge is 0.465 e. The summed E-state index contributed by atoms with van der Waals surface area (Å²) in [5.41, 5.74) is -3.38. The molecule has 1 heterocycles. The SMILES string of the molecule is CO[C@H]1[C@H]2C3N(C)C[C@]4(COC(C)=O)CC[C@H](OC)[C@@]3([C@@H]3C[C@]5(OC(C)=O)[C@@H](OC)C[C@@]2(OC(C)=O)[C@H]3[C@H]5OC(=O)c2ccccc2)[C@H]14. The van der Waals surface area contributed by atoms with Crippen molar-refractivity contribution < 1.29 is 52.3 Å². The van der Waals surface area contributed by atoms with Gasteiger partial charge >= 0.3 is 23.9 Å². The smallest absolute Gasteiger partial charge is 0.338 e. The molecule has 6 aliphatic rings. The normalized spacial score (nSPS) is 44.9. The van der Waals surface area contributed by atoms with Crippen molar-refractivity contribution in [2.24, 2.45) is 34.5 Å². The third-order valence-corrected chi connectivity index (χ3v) is 13.2. The van der Waals surface area contributed by atoms with Crippen LogP contribution in [0.2, 0.25) is 0 Å². The van der Waals surface area contributed by atoms with Crippen LogP contribution in [0, 0.1) is 34.5 Å². The van der Waals surface area contributed by atoms with E-state index < -0.39 is 70.1 Å². The number of ether oxygens (including phenoxy) is 7. The summed E-state index contributed by atoms with van der Waals surface area (Å²) in [6, 6.07) is 8.50. The molecule has 0 radical (unpaired) electrons. The lowest BCUT2D eigenvalue weighted by molar-refractivity contribution is -0.286. The molecule has 0 amide bonds. The van der Waals surface area contributed by atoms with Gasteiger partial charge in [-0.1, -0.05) is 18.2 Å². The van der Waals surface area contributed by atoms with Gasteiger partial charge in [-0.25, -0.2) is 4.79 Å². The van der Waals surface area contributed by atoms with Gasteiger partial charge < -0.3 is 38.1 Å². The van der Waals surface area contributed by atoms with Crippen LogP contribution in [-0.2, 0) is 47.5 Å². The number of hydrogen-bond donors (Lipinski definition) is 0. The molecule has 6 fully saturated rings. The molecular weight excluding hydrogens is 622 g/mol. The Labute approximate surface area is 281 Å². The molecular formula is C36H47NO11. The molecule has 1 aromatic rings. The molecule has 12 nitrogen and oxygen atoms in total. The number of carbonyl (C=O) groups excluding carboxylic acids is 4. The predicted octanol–water partition coefficient (Wildman–Crippen LogP) is 2.80. The Morgan fingerprint density at radius 3 is 2.10 bits per heavy atom. The van der Waals surface area contributed by atoms with E-state index in [-0.39, 0.29) is 43.0 Å². The first kappa shape index (κ1) is 33.4. The summed E-state index contributed by atoms with van der Waals surface area (Å²) < 4.78 is 44.7. The summed E-state index contributed by atoms with van der Waals surface area (Å²) in [5.74, 6) is -3.42. The van der Waals surface area contributed by atoms with Crippen molar-refractivity contribution >= 4 is 23.9 Å². The molecule has 12 heteroatoms. The number of benzene rings is 1. The second-order valence-electron chi connectivity index (χ2n) is 15.0. The first-order valence-electron chi connectivity index (χ1n) is 16.9. The second-order valence-corrected chi connectivity index (χ2v) is 15.0. The summed E-state index contributed by atoms with van der Waals surface area (Å²) in [7, 11) is 7.05. The third-order valence-electron chi connectivity index (χ3n) is 13.2. The van der Waals surface area contributed by atoms with Crippen molar-refractivity contribution in [3.63, 3.8) is 0 Å². The molecule has 1 aliphatic heterocycles. The summed E-state index contributed by atoms with van der Waals surface area (Å²) >= 11 is 0. The lowest BCUT2D eigenvalue weighted by Gasteiger charge is -2.68. The van der Waals surface area contributed by atoms with Gasteiger partial charge in [0.1, 0.15) is 11.7 Å². The highest BCUT2D eigenvalue weighted by Crippen LogP contribution is 2.81. The Bertz CT molecular complexity index is 1490. The molecule has 1 unspecified atom stereocenters. The second kappa shape index (κ2) is 11.5. The zero-order chi connectivity index (χ0) is 34.4. The Kier molecular flexibility index (Phi) is 8.01. The van der Waals surface area contributed by atoms with Gasteiger partial charge in [0.05, 0.1) is 24.4 Å². The average Bonchev–Trinajstić information content (AvgIpc) is 3.44. The minimum Gasteiger partial charge on any atom is -0.465 e. The van der Waals surface area contributed by atoms with Crippen LogP contribution in [0.15, 0.2) is 30.3 Å². The molecule has 1 spiro atoms. The number of fused-ring (bicyclic) bond motifs is 2. The quantitative estimate of drug-likeness (QED) is 0.283. The standard InChI is InChI=1S/C36H47NO11/c1-19(38)45-18-33-14-13-24(42-5)36-23-15-34(47-20(2)39)25(43-6)16-35(48-21(3)40,27(28(44-7)29(33)36)30(36)37(4)17-33)26(23)31(34)46-32(41)22-11-9-8-10-12-22/h8-12,23-31H,13-18H2,1-7H3/t23-,24+,25+,26-,27+,28+,29-,30?,31-,33+,34+,35-,36+/m1/s1. The van der Waals surface area contributed by atoms with Crippen LogP contribution in [0.3, 0.4) is 0 Å². The molecule has 0 N–H and O–H groups in total. The summed E-state index contributed by atoms with van der Waals surface area (Å²) in [6.07, 6.45) is -0.539. The Balaban J connectivity index is 1.50. The minimum absolute atomic E-state index is 0.179. The molecule has 1 aromatic carbocycles. The Morgan fingerprint density at radius 2 is 1.50 bits per heavy atom. The van der Waals surface area contributed by atoms with Crippen LogP contribution in [0.4, 0.5) is 0 Å². The maximum atomic E-state index is 14.0. The fourth-order valence-electron chi connectivity index (χ4n) is 12.5. The zero-order valence-corrected chi connectivity index (χ0v) is 28.8. The van der Waals surface area contributed by atoms with E-state index in [0.29, 0.717) is 24.9 Å². The van der Waals surface area contributed by atoms with Gasteiger partial charge in [0.25, 0.3) is 0 Å². The van der Waals surface area contributed by atoms with Gasteiger partial charge in [-0.05, 0) is 44.4 Å². The lowest BCUT2D eigenvalue weighted by Crippen LogP contribution is -2.77. The van der Waals surface area contributed by atoms with Crippen molar-refractivity contribution in [1.82, 2.24) is 4.90 Å². The first-order chi connectivity index (χ1) is 22.9. The highest BCUT2D eigenvalue weighted by Gasteiger charge is 2.90. The number of rotatable bonds is 9. The molecule has 5 saturated carbocycles. The lowest BCUT2D eigenvalue weighted by atomic mass is 9.43. The number of methoxy groups -OCH3 is 3. The maximum Gasteiger partial charge on any atom is 0.338 e. The van der Waals surface area contributed by atoms with Crippen molar-refractivity contribution in [3.8, 4) is 0 Å². The van der Waals surface area contributed by atoms with Gasteiger partial charge in [0, 0.05) is 89.7 Å². The van der Waals surface area contributed by atoms with Crippen molar-refractivity contribution in [2.75, 3.05) is 41.5 Å². The molecule has 0 aromatic heterocycles. The van der Waals surface area contributed by atoms with E-state index in [1.165, 1.54) is 20.8 Å². The molecule has 48 heavy (non-hydrogen) atoms. The van der Waals surface area contributed by atoms with E-state index in [9.17, 15) is 19.2 Å². The Morgan fingerprint density at radius 1 is 0.833 bits per heavy atom. The zero-order valence-electron chi connectivity index (χ0n) is 28.8. The van der Waals surface area contributed by atoms with Gasteiger partial charge in [-0.3, -0.25) is 14.4 Å². The van der Waals surface area contributed by atoms with E-state index in [4.69, 9.17) is 33.2 Å². The number of piperidine rings is 1. The molecule has 5 aliphatic carbocycles. The van der Waals surface area contributed by atoms with Crippen molar-refractivity contribution in [2.45, 2.75) is 88.1 Å². The number of esters is 4. The fourth-order valence-corrected chi connectivity index (χ4v) is 12.5. The van der Waals surface area contributed by atoms with Crippen molar-refractivity contribution in [1.29, 1.82) is 0 Å². The molecule has 262 valence electrons. The highest BCUT2D eigenvalue weighted by molar-refractivity contribution is 5.89. The van der Waals surface area contributed by atoms with E-state index in [1.54, 1.807) is 45.6 Å². The van der Waals surface area contributed by atoms with E-state index in [2.05, 4.69) is 11.9 Å². The van der Waals surface area contributed by atoms with Gasteiger partial charge in [-0.15, -0.1) is 0 Å². The molecule has 7 bridgehead atoms. The number of hydrogen-bond acceptors (Lipinski definition) is 12. The van der Waals surface area contributed by atoms with E-state index >= 15 is 0 Å². The molecule has 13 atom stereocenters. The topological polar surface area (TPSA) is 136 Å². The number of nitrogens with zero attached hydrogens (tertiary/aromatic N) is 1. The maximum absolute atomic E-state index is 14.0. The van der Waals surface area contributed by atoms with Gasteiger partial charge in [0.15, 0.2) is 11.7 Å². The summed E-state index contributed by atoms with van der Waals surface area (Å²) in [6.45, 7) is 5.02. The predicted molar refractivity (Wildman–Crippen MR) is 167 cm³/mol. The summed E-state index contributed by atoms with van der Waals surface area (Å²) in [4.78, 5) is 55.0. The minimum atomic E-state index is -1.37. The van der Waals surface area contributed by atoms with Crippen molar-refractivity contribution in [3.05, 3.63) is 35.9 Å². The van der Waals surface area contributed by atoms with Crippen LogP contribution in [-0.4, -0.2) is 112 Å². The first-order valence-corrected chi connectivity index (χ1v) is 16.9. The Hall–Kier alpha value is -3.06. The fraction of sp³-hybridized carbons (Fsp3) is 0.722. The van der Waals surface area contributed by atoms with Crippen LogP contribution >= 0.6 is 0 Å². The highest BCUT2D eigenvalue weighted by atomic mass is 16.6. The summed E-state index contributed by atoms with van der Waals surface area (Å²) in [5, 5.41) is 0. The van der Waals surface area contributed by atoms with E-state index in [1.807, 2.05) is 6.07 Å².